The molecule has 0 aliphatic rings. The van der Waals surface area contributed by atoms with Crippen LogP contribution in [0.3, 0.4) is 0 Å². The minimum atomic E-state index is -1.54. The summed E-state index contributed by atoms with van der Waals surface area (Å²) in [5, 5.41) is 19.6. The molecule has 0 spiro atoms. The van der Waals surface area contributed by atoms with E-state index in [0.29, 0.717) is 5.56 Å². The molecule has 4 heteroatoms. The number of hydrogen-bond donors (Lipinski definition) is 2. The van der Waals surface area contributed by atoms with Gasteiger partial charge in [0, 0.05) is 0 Å². The van der Waals surface area contributed by atoms with E-state index in [9.17, 15) is 15.0 Å². The van der Waals surface area contributed by atoms with Crippen LogP contribution in [0, 0.1) is 0 Å². The fraction of sp³-hybridized carbons (Fsp3) is 0.462. The number of aliphatic hydroxyl groups is 2. The van der Waals surface area contributed by atoms with E-state index in [-0.39, 0.29) is 6.61 Å². The zero-order chi connectivity index (χ0) is 12.8. The molecule has 0 saturated carbocycles. The number of carbonyl (C=O) groups excluding carboxylic acids is 1. The van der Waals surface area contributed by atoms with E-state index in [2.05, 4.69) is 4.74 Å². The molecule has 0 amide bonds. The molecule has 2 unspecified atom stereocenters. The predicted octanol–water partition coefficient (Wildman–Crippen LogP) is 1.21. The molecular formula is C13H18O4. The van der Waals surface area contributed by atoms with E-state index in [1.807, 2.05) is 19.1 Å². The standard InChI is InChI=1S/C13H18O4/c1-3-9-7-5-6-8-10(9)11(14)12(15)13(16)17-4-2/h5-8,11-12,14-15H,3-4H2,1-2H3. The molecule has 0 heterocycles. The Bertz CT molecular complexity index is 375. The van der Waals surface area contributed by atoms with Gasteiger partial charge in [-0.25, -0.2) is 4.79 Å². The zero-order valence-electron chi connectivity index (χ0n) is 10.1. The molecule has 1 aromatic carbocycles. The van der Waals surface area contributed by atoms with Gasteiger partial charge in [0.15, 0.2) is 6.10 Å². The molecule has 2 atom stereocenters. The van der Waals surface area contributed by atoms with Crippen LogP contribution in [-0.2, 0) is 16.0 Å². The largest absolute Gasteiger partial charge is 0.464 e. The number of esters is 1. The summed E-state index contributed by atoms with van der Waals surface area (Å²) in [5.41, 5.74) is 1.47. The molecule has 1 aromatic rings. The molecule has 0 bridgehead atoms. The lowest BCUT2D eigenvalue weighted by Crippen LogP contribution is -2.30. The lowest BCUT2D eigenvalue weighted by molar-refractivity contribution is -0.159. The lowest BCUT2D eigenvalue weighted by atomic mass is 9.97. The van der Waals surface area contributed by atoms with Crippen molar-refractivity contribution in [1.29, 1.82) is 0 Å². The molecule has 2 N–H and O–H groups in total. The Kier molecular flexibility index (Phi) is 5.12. The minimum Gasteiger partial charge on any atom is -0.464 e. The summed E-state index contributed by atoms with van der Waals surface area (Å²) in [5.74, 6) is -0.800. The molecule has 0 aromatic heterocycles. The van der Waals surface area contributed by atoms with Crippen LogP contribution >= 0.6 is 0 Å². The van der Waals surface area contributed by atoms with Crippen LogP contribution < -0.4 is 0 Å². The average Bonchev–Trinajstić information content (AvgIpc) is 2.37. The Morgan fingerprint density at radius 3 is 2.53 bits per heavy atom. The Hall–Kier alpha value is -1.39. The van der Waals surface area contributed by atoms with Crippen molar-refractivity contribution < 1.29 is 19.7 Å². The summed E-state index contributed by atoms with van der Waals surface area (Å²) < 4.78 is 4.67. The Labute approximate surface area is 101 Å². The maximum atomic E-state index is 11.3. The fourth-order valence-corrected chi connectivity index (χ4v) is 1.67. The smallest absolute Gasteiger partial charge is 0.338 e. The van der Waals surface area contributed by atoms with Gasteiger partial charge in [0.2, 0.25) is 0 Å². The van der Waals surface area contributed by atoms with Crippen molar-refractivity contribution in [2.45, 2.75) is 32.5 Å². The van der Waals surface area contributed by atoms with Crippen molar-refractivity contribution in [3.8, 4) is 0 Å². The first-order valence-corrected chi connectivity index (χ1v) is 5.72. The Morgan fingerprint density at radius 1 is 1.29 bits per heavy atom. The highest BCUT2D eigenvalue weighted by Crippen LogP contribution is 2.22. The van der Waals surface area contributed by atoms with E-state index in [1.54, 1.807) is 19.1 Å². The van der Waals surface area contributed by atoms with E-state index in [1.165, 1.54) is 0 Å². The van der Waals surface area contributed by atoms with Gasteiger partial charge in [-0.05, 0) is 24.5 Å². The van der Waals surface area contributed by atoms with Gasteiger partial charge in [-0.15, -0.1) is 0 Å². The molecule has 0 radical (unpaired) electrons. The van der Waals surface area contributed by atoms with Gasteiger partial charge in [0.1, 0.15) is 6.10 Å². The Balaban J connectivity index is 2.88. The maximum Gasteiger partial charge on any atom is 0.338 e. The van der Waals surface area contributed by atoms with Crippen molar-refractivity contribution in [1.82, 2.24) is 0 Å². The highest BCUT2D eigenvalue weighted by Gasteiger charge is 2.27. The number of aryl methyl sites for hydroxylation is 1. The third kappa shape index (κ3) is 3.28. The highest BCUT2D eigenvalue weighted by atomic mass is 16.5. The fourth-order valence-electron chi connectivity index (χ4n) is 1.67. The average molecular weight is 238 g/mol. The van der Waals surface area contributed by atoms with Crippen molar-refractivity contribution >= 4 is 5.97 Å². The molecule has 0 aliphatic carbocycles. The van der Waals surface area contributed by atoms with E-state index < -0.39 is 18.2 Å². The van der Waals surface area contributed by atoms with Crippen LogP contribution in [0.25, 0.3) is 0 Å². The van der Waals surface area contributed by atoms with Crippen molar-refractivity contribution in [3.63, 3.8) is 0 Å². The molecule has 1 rings (SSSR count). The first-order valence-electron chi connectivity index (χ1n) is 5.72. The van der Waals surface area contributed by atoms with Gasteiger partial charge < -0.3 is 14.9 Å². The summed E-state index contributed by atoms with van der Waals surface area (Å²) >= 11 is 0. The number of rotatable bonds is 5. The highest BCUT2D eigenvalue weighted by molar-refractivity contribution is 5.75. The predicted molar refractivity (Wildman–Crippen MR) is 63.4 cm³/mol. The quantitative estimate of drug-likeness (QED) is 0.757. The zero-order valence-corrected chi connectivity index (χ0v) is 10.1. The summed E-state index contributed by atoms with van der Waals surface area (Å²) in [6, 6.07) is 7.17. The molecule has 94 valence electrons. The minimum absolute atomic E-state index is 0.179. The number of carbonyl (C=O) groups is 1. The van der Waals surface area contributed by atoms with Crippen LogP contribution in [0.1, 0.15) is 31.1 Å². The second-order valence-electron chi connectivity index (χ2n) is 3.69. The molecular weight excluding hydrogens is 220 g/mol. The topological polar surface area (TPSA) is 66.8 Å². The third-order valence-electron chi connectivity index (χ3n) is 2.58. The van der Waals surface area contributed by atoms with Gasteiger partial charge in [0.05, 0.1) is 6.61 Å². The summed E-state index contributed by atoms with van der Waals surface area (Å²) in [6.45, 7) is 3.78. The van der Waals surface area contributed by atoms with Crippen molar-refractivity contribution in [3.05, 3.63) is 35.4 Å². The van der Waals surface area contributed by atoms with Gasteiger partial charge in [-0.1, -0.05) is 31.2 Å². The van der Waals surface area contributed by atoms with Crippen molar-refractivity contribution in [2.24, 2.45) is 0 Å². The second-order valence-corrected chi connectivity index (χ2v) is 3.69. The molecule has 0 fully saturated rings. The molecule has 0 saturated heterocycles. The van der Waals surface area contributed by atoms with Crippen LogP contribution in [-0.4, -0.2) is 28.9 Å². The second kappa shape index (κ2) is 6.37. The van der Waals surface area contributed by atoms with Crippen LogP contribution in [0.15, 0.2) is 24.3 Å². The van der Waals surface area contributed by atoms with Gasteiger partial charge in [0.25, 0.3) is 0 Å². The maximum absolute atomic E-state index is 11.3. The normalized spacial score (nSPS) is 14.1. The van der Waals surface area contributed by atoms with Crippen LogP contribution in [0.2, 0.25) is 0 Å². The Morgan fingerprint density at radius 2 is 1.94 bits per heavy atom. The van der Waals surface area contributed by atoms with Gasteiger partial charge in [-0.2, -0.15) is 0 Å². The monoisotopic (exact) mass is 238 g/mol. The van der Waals surface area contributed by atoms with Crippen LogP contribution in [0.5, 0.6) is 0 Å². The number of benzene rings is 1. The number of hydrogen-bond acceptors (Lipinski definition) is 4. The number of ether oxygens (including phenoxy) is 1. The van der Waals surface area contributed by atoms with Gasteiger partial charge >= 0.3 is 5.97 Å². The first-order chi connectivity index (χ1) is 8.11. The first kappa shape index (κ1) is 13.7. The third-order valence-corrected chi connectivity index (χ3v) is 2.58. The summed E-state index contributed by atoms with van der Waals surface area (Å²) in [6.07, 6.45) is -2.06. The number of aliphatic hydroxyl groups excluding tert-OH is 2. The van der Waals surface area contributed by atoms with E-state index in [0.717, 1.165) is 12.0 Å². The molecule has 17 heavy (non-hydrogen) atoms. The summed E-state index contributed by atoms with van der Waals surface area (Å²) in [4.78, 5) is 11.3. The SMILES string of the molecule is CCOC(=O)C(O)C(O)c1ccccc1CC. The molecule has 0 aliphatic heterocycles. The van der Waals surface area contributed by atoms with E-state index in [4.69, 9.17) is 0 Å². The summed E-state index contributed by atoms with van der Waals surface area (Å²) in [7, 11) is 0. The molecule has 4 nitrogen and oxygen atoms in total. The van der Waals surface area contributed by atoms with Gasteiger partial charge in [-0.3, -0.25) is 0 Å². The van der Waals surface area contributed by atoms with Crippen molar-refractivity contribution in [2.75, 3.05) is 6.61 Å². The van der Waals surface area contributed by atoms with E-state index >= 15 is 0 Å². The lowest BCUT2D eigenvalue weighted by Gasteiger charge is -2.19. The van der Waals surface area contributed by atoms with Crippen LogP contribution in [0.4, 0.5) is 0 Å².